The third-order valence-electron chi connectivity index (χ3n) is 5.05. The molecule has 4 aromatic rings. The minimum absolute atomic E-state index is 0.144. The molecule has 0 aliphatic heterocycles. The molecule has 0 fully saturated rings. The van der Waals surface area contributed by atoms with Crippen molar-refractivity contribution >= 4 is 10.8 Å². The number of aryl methyl sites for hydroxylation is 2. The van der Waals surface area contributed by atoms with Crippen LogP contribution in [0.5, 0.6) is 0 Å². The Kier molecular flexibility index (Phi) is 4.28. The van der Waals surface area contributed by atoms with Gasteiger partial charge in [0.15, 0.2) is 0 Å². The Morgan fingerprint density at radius 3 is 1.81 bits per heavy atom. The molecule has 0 N–H and O–H groups in total. The summed E-state index contributed by atoms with van der Waals surface area (Å²) in [5.74, 6) is 0. The van der Waals surface area contributed by atoms with Crippen LogP contribution in [0.3, 0.4) is 0 Å². The molecule has 3 heteroatoms. The molecule has 1 heterocycles. The smallest absolute Gasteiger partial charge is 0.291 e. The van der Waals surface area contributed by atoms with Gasteiger partial charge in [-0.2, -0.15) is 0 Å². The molecular formula is C24H21NO2. The van der Waals surface area contributed by atoms with E-state index in [0.29, 0.717) is 5.39 Å². The minimum Gasteiger partial charge on any atom is -0.413 e. The summed E-state index contributed by atoms with van der Waals surface area (Å²) in [6, 6.07) is 24.2. The van der Waals surface area contributed by atoms with Crippen molar-refractivity contribution in [3.8, 4) is 22.4 Å². The Balaban J connectivity index is 2.27. The number of hydrogen-bond donors (Lipinski definition) is 0. The Morgan fingerprint density at radius 1 is 0.741 bits per heavy atom. The van der Waals surface area contributed by atoms with Crippen LogP contribution in [0.15, 0.2) is 77.6 Å². The van der Waals surface area contributed by atoms with Crippen LogP contribution in [0.25, 0.3) is 33.2 Å². The monoisotopic (exact) mass is 355 g/mol. The normalized spacial score (nSPS) is 10.9. The first kappa shape index (κ1) is 17.1. The molecule has 27 heavy (non-hydrogen) atoms. The largest absolute Gasteiger partial charge is 0.413 e. The van der Waals surface area contributed by atoms with Crippen LogP contribution in [0.4, 0.5) is 0 Å². The van der Waals surface area contributed by atoms with Crippen LogP contribution in [0.2, 0.25) is 0 Å². The maximum Gasteiger partial charge on any atom is 0.291 e. The predicted octanol–water partition coefficient (Wildman–Crippen LogP) is 5.01. The van der Waals surface area contributed by atoms with Crippen molar-refractivity contribution in [2.75, 3.05) is 7.11 Å². The third kappa shape index (κ3) is 2.81. The number of pyridine rings is 1. The van der Waals surface area contributed by atoms with E-state index in [2.05, 4.69) is 25.1 Å². The van der Waals surface area contributed by atoms with Gasteiger partial charge in [-0.25, -0.2) is 0 Å². The van der Waals surface area contributed by atoms with Crippen LogP contribution >= 0.6 is 0 Å². The standard InChI is InChI=1S/C24H21NO2/c1-16-14-20-21(15-17(16)2)24(26)25(27-3)23(19-12-8-5-9-13-19)22(20)18-10-6-4-7-11-18/h4-15H,1-3H3. The van der Waals surface area contributed by atoms with E-state index >= 15 is 0 Å². The summed E-state index contributed by atoms with van der Waals surface area (Å²) in [7, 11) is 1.54. The average Bonchev–Trinajstić information content (AvgIpc) is 2.70. The lowest BCUT2D eigenvalue weighted by Gasteiger charge is -2.19. The number of rotatable bonds is 3. The maximum atomic E-state index is 13.2. The Hall–Kier alpha value is -3.33. The molecule has 134 valence electrons. The summed E-state index contributed by atoms with van der Waals surface area (Å²) in [5.41, 5.74) is 5.87. The summed E-state index contributed by atoms with van der Waals surface area (Å²) in [4.78, 5) is 18.8. The van der Waals surface area contributed by atoms with Crippen LogP contribution < -0.4 is 10.4 Å². The fourth-order valence-electron chi connectivity index (χ4n) is 3.57. The van der Waals surface area contributed by atoms with Crippen LogP contribution in [0.1, 0.15) is 11.1 Å². The van der Waals surface area contributed by atoms with E-state index in [1.165, 1.54) is 11.8 Å². The van der Waals surface area contributed by atoms with Gasteiger partial charge in [0.05, 0.1) is 11.1 Å². The van der Waals surface area contributed by atoms with Crippen LogP contribution in [0, 0.1) is 13.8 Å². The zero-order chi connectivity index (χ0) is 19.0. The number of hydrogen-bond acceptors (Lipinski definition) is 2. The van der Waals surface area contributed by atoms with Gasteiger partial charge in [0.2, 0.25) is 0 Å². The minimum atomic E-state index is -0.144. The second kappa shape index (κ2) is 6.76. The van der Waals surface area contributed by atoms with Crippen molar-refractivity contribution < 1.29 is 4.84 Å². The van der Waals surface area contributed by atoms with Gasteiger partial charge in [-0.05, 0) is 42.0 Å². The van der Waals surface area contributed by atoms with Gasteiger partial charge >= 0.3 is 0 Å². The van der Waals surface area contributed by atoms with Gasteiger partial charge in [-0.15, -0.1) is 4.73 Å². The van der Waals surface area contributed by atoms with E-state index in [9.17, 15) is 4.79 Å². The lowest BCUT2D eigenvalue weighted by molar-refractivity contribution is 0.163. The average molecular weight is 355 g/mol. The molecule has 0 bridgehead atoms. The Morgan fingerprint density at radius 2 is 1.26 bits per heavy atom. The maximum absolute atomic E-state index is 13.2. The SMILES string of the molecule is COn1c(-c2ccccc2)c(-c2ccccc2)c2cc(C)c(C)cc2c1=O. The first-order valence-corrected chi connectivity index (χ1v) is 8.97. The highest BCUT2D eigenvalue weighted by Gasteiger charge is 2.20. The van der Waals surface area contributed by atoms with Crippen molar-refractivity contribution in [2.45, 2.75) is 13.8 Å². The second-order valence-electron chi connectivity index (χ2n) is 6.72. The first-order chi connectivity index (χ1) is 13.1. The number of fused-ring (bicyclic) bond motifs is 1. The molecule has 0 aliphatic carbocycles. The van der Waals surface area contributed by atoms with E-state index in [1.54, 1.807) is 0 Å². The number of aromatic nitrogens is 1. The fourth-order valence-corrected chi connectivity index (χ4v) is 3.57. The van der Waals surface area contributed by atoms with Crippen molar-refractivity contribution in [1.82, 2.24) is 4.73 Å². The van der Waals surface area contributed by atoms with E-state index in [4.69, 9.17) is 4.84 Å². The third-order valence-corrected chi connectivity index (χ3v) is 5.05. The Bertz CT molecular complexity index is 1180. The van der Waals surface area contributed by atoms with E-state index in [0.717, 1.165) is 38.9 Å². The van der Waals surface area contributed by atoms with Crippen molar-refractivity contribution in [3.63, 3.8) is 0 Å². The molecule has 0 saturated heterocycles. The summed E-state index contributed by atoms with van der Waals surface area (Å²) in [6.07, 6.45) is 0. The number of nitrogens with zero attached hydrogens (tertiary/aromatic N) is 1. The van der Waals surface area contributed by atoms with Crippen LogP contribution in [-0.4, -0.2) is 11.8 Å². The van der Waals surface area contributed by atoms with E-state index in [1.807, 2.05) is 61.5 Å². The van der Waals surface area contributed by atoms with Gasteiger partial charge < -0.3 is 4.84 Å². The second-order valence-corrected chi connectivity index (χ2v) is 6.72. The fraction of sp³-hybridized carbons (Fsp3) is 0.125. The van der Waals surface area contributed by atoms with Crippen molar-refractivity contribution in [2.24, 2.45) is 0 Å². The lowest BCUT2D eigenvalue weighted by atomic mass is 9.92. The summed E-state index contributed by atoms with van der Waals surface area (Å²) in [6.45, 7) is 4.10. The molecule has 0 atom stereocenters. The van der Waals surface area contributed by atoms with Crippen LogP contribution in [-0.2, 0) is 0 Å². The summed E-state index contributed by atoms with van der Waals surface area (Å²) in [5, 5.41) is 1.61. The quantitative estimate of drug-likeness (QED) is 0.517. The zero-order valence-electron chi connectivity index (χ0n) is 15.7. The highest BCUT2D eigenvalue weighted by molar-refractivity contribution is 6.03. The number of benzene rings is 3. The zero-order valence-corrected chi connectivity index (χ0v) is 15.7. The van der Waals surface area contributed by atoms with Crippen molar-refractivity contribution in [1.29, 1.82) is 0 Å². The Labute approximate surface area is 158 Å². The molecule has 1 aromatic heterocycles. The molecule has 0 amide bonds. The molecule has 0 saturated carbocycles. The molecule has 3 aromatic carbocycles. The molecule has 0 radical (unpaired) electrons. The van der Waals surface area contributed by atoms with E-state index in [-0.39, 0.29) is 5.56 Å². The highest BCUT2D eigenvalue weighted by Crippen LogP contribution is 2.37. The molecule has 4 rings (SSSR count). The van der Waals surface area contributed by atoms with Crippen molar-refractivity contribution in [3.05, 3.63) is 94.3 Å². The van der Waals surface area contributed by atoms with Gasteiger partial charge in [0, 0.05) is 11.1 Å². The summed E-state index contributed by atoms with van der Waals surface area (Å²) < 4.78 is 1.41. The van der Waals surface area contributed by atoms with Gasteiger partial charge in [0.1, 0.15) is 7.11 Å². The molecule has 3 nitrogen and oxygen atoms in total. The molecule has 0 aliphatic rings. The highest BCUT2D eigenvalue weighted by atomic mass is 16.6. The van der Waals surface area contributed by atoms with E-state index < -0.39 is 0 Å². The predicted molar refractivity (Wildman–Crippen MR) is 111 cm³/mol. The molecule has 0 spiro atoms. The molecular weight excluding hydrogens is 334 g/mol. The van der Waals surface area contributed by atoms with Gasteiger partial charge in [0.25, 0.3) is 5.56 Å². The lowest BCUT2D eigenvalue weighted by Crippen LogP contribution is -2.27. The first-order valence-electron chi connectivity index (χ1n) is 8.97. The summed E-state index contributed by atoms with van der Waals surface area (Å²) >= 11 is 0. The van der Waals surface area contributed by atoms with Gasteiger partial charge in [-0.1, -0.05) is 66.7 Å². The molecule has 0 unspecified atom stereocenters. The van der Waals surface area contributed by atoms with Gasteiger partial charge in [-0.3, -0.25) is 4.79 Å². The topological polar surface area (TPSA) is 31.2 Å².